The van der Waals surface area contributed by atoms with Crippen molar-refractivity contribution in [3.8, 4) is 5.69 Å². The molecule has 0 amide bonds. The number of carbonyl (C=O) groups excluding carboxylic acids is 1. The Kier molecular flexibility index (Phi) is 4.82. The molecule has 0 N–H and O–H groups in total. The number of ether oxygens (including phenoxy) is 1. The van der Waals surface area contributed by atoms with Crippen molar-refractivity contribution in [3.05, 3.63) is 50.6 Å². The molecule has 7 heteroatoms. The van der Waals surface area contributed by atoms with E-state index in [1.54, 1.807) is 22.8 Å². The third-order valence-electron chi connectivity index (χ3n) is 4.82. The Morgan fingerprint density at radius 1 is 1.30 bits per heavy atom. The molecule has 0 unspecified atom stereocenters. The minimum absolute atomic E-state index is 0.0529. The van der Waals surface area contributed by atoms with Crippen molar-refractivity contribution in [2.24, 2.45) is 0 Å². The fourth-order valence-corrected chi connectivity index (χ4v) is 5.65. The first-order chi connectivity index (χ1) is 13.0. The van der Waals surface area contributed by atoms with Crippen molar-refractivity contribution in [3.63, 3.8) is 0 Å². The number of rotatable bonds is 4. The molecule has 2 heterocycles. The first-order valence-electron chi connectivity index (χ1n) is 8.88. The first-order valence-corrected chi connectivity index (χ1v) is 10.6. The van der Waals surface area contributed by atoms with E-state index in [-0.39, 0.29) is 11.5 Å². The molecule has 27 heavy (non-hydrogen) atoms. The van der Waals surface area contributed by atoms with E-state index in [1.807, 2.05) is 31.2 Å². The lowest BCUT2D eigenvalue weighted by Gasteiger charge is -2.15. The van der Waals surface area contributed by atoms with Crippen LogP contribution in [0.1, 0.15) is 29.3 Å². The zero-order valence-corrected chi connectivity index (χ0v) is 17.1. The lowest BCUT2D eigenvalue weighted by molar-refractivity contribution is -0.139. The van der Waals surface area contributed by atoms with Gasteiger partial charge in [-0.15, -0.1) is 11.3 Å². The number of methoxy groups -OCH3 is 1. The molecule has 1 aliphatic carbocycles. The molecule has 1 aromatic carbocycles. The zero-order valence-electron chi connectivity index (χ0n) is 15.4. The SMILES string of the molecule is COC(=O)[C@H](C)Sc1nc2sc3c(c2c(=O)n1-c1ccc(C)cc1)CCC3. The number of esters is 1. The molecule has 1 aliphatic rings. The molecule has 5 nitrogen and oxygen atoms in total. The van der Waals surface area contributed by atoms with Crippen LogP contribution in [0.15, 0.2) is 34.2 Å². The van der Waals surface area contributed by atoms with Crippen molar-refractivity contribution in [1.82, 2.24) is 9.55 Å². The van der Waals surface area contributed by atoms with Gasteiger partial charge in [-0.3, -0.25) is 14.2 Å². The highest BCUT2D eigenvalue weighted by atomic mass is 32.2. The van der Waals surface area contributed by atoms with Crippen molar-refractivity contribution >= 4 is 39.3 Å². The van der Waals surface area contributed by atoms with Gasteiger partial charge in [-0.1, -0.05) is 29.5 Å². The molecule has 140 valence electrons. The van der Waals surface area contributed by atoms with Crippen LogP contribution in [0.5, 0.6) is 0 Å². The number of fused-ring (bicyclic) bond motifs is 3. The lowest BCUT2D eigenvalue weighted by atomic mass is 10.2. The third-order valence-corrected chi connectivity index (χ3v) is 7.03. The molecule has 0 fully saturated rings. The molecule has 0 bridgehead atoms. The second-order valence-electron chi connectivity index (χ2n) is 6.69. The van der Waals surface area contributed by atoms with Crippen molar-refractivity contribution < 1.29 is 9.53 Å². The van der Waals surface area contributed by atoms with E-state index in [0.717, 1.165) is 46.3 Å². The fraction of sp³-hybridized carbons (Fsp3) is 0.350. The number of thioether (sulfide) groups is 1. The largest absolute Gasteiger partial charge is 0.468 e. The standard InChI is InChI=1S/C20H20N2O3S2/c1-11-7-9-13(10-8-11)22-18(23)16-14-5-4-6-15(14)27-17(16)21-20(22)26-12(2)19(24)25-3/h7-10,12H,4-6H2,1-3H3/t12-/m0/s1. The van der Waals surface area contributed by atoms with Crippen LogP contribution in [0, 0.1) is 6.92 Å². The van der Waals surface area contributed by atoms with Gasteiger partial charge in [-0.2, -0.15) is 0 Å². The van der Waals surface area contributed by atoms with E-state index >= 15 is 0 Å². The molecular weight excluding hydrogens is 380 g/mol. The molecule has 0 radical (unpaired) electrons. The molecule has 2 aromatic heterocycles. The van der Waals surface area contributed by atoms with Gasteiger partial charge in [-0.05, 0) is 50.8 Å². The van der Waals surface area contributed by atoms with Crippen LogP contribution in [0.25, 0.3) is 15.9 Å². The molecule has 1 atom stereocenters. The van der Waals surface area contributed by atoms with Gasteiger partial charge in [0.15, 0.2) is 5.16 Å². The van der Waals surface area contributed by atoms with E-state index in [1.165, 1.54) is 23.7 Å². The van der Waals surface area contributed by atoms with E-state index in [2.05, 4.69) is 0 Å². The number of carbonyl (C=O) groups is 1. The summed E-state index contributed by atoms with van der Waals surface area (Å²) in [6.45, 7) is 3.77. The van der Waals surface area contributed by atoms with Crippen LogP contribution >= 0.6 is 23.1 Å². The summed E-state index contributed by atoms with van der Waals surface area (Å²) in [4.78, 5) is 32.2. The summed E-state index contributed by atoms with van der Waals surface area (Å²) >= 11 is 2.86. The van der Waals surface area contributed by atoms with Gasteiger partial charge in [0.1, 0.15) is 10.1 Å². The maximum atomic E-state index is 13.5. The van der Waals surface area contributed by atoms with Gasteiger partial charge in [0.2, 0.25) is 0 Å². The Morgan fingerprint density at radius 2 is 2.04 bits per heavy atom. The van der Waals surface area contributed by atoms with Crippen LogP contribution in [-0.4, -0.2) is 27.9 Å². The van der Waals surface area contributed by atoms with Gasteiger partial charge in [0.05, 0.1) is 18.2 Å². The maximum absolute atomic E-state index is 13.5. The van der Waals surface area contributed by atoms with Gasteiger partial charge in [-0.25, -0.2) is 4.98 Å². The number of benzene rings is 1. The number of thiophene rings is 1. The van der Waals surface area contributed by atoms with E-state index in [9.17, 15) is 9.59 Å². The van der Waals surface area contributed by atoms with E-state index < -0.39 is 5.25 Å². The number of hydrogen-bond acceptors (Lipinski definition) is 6. The highest BCUT2D eigenvalue weighted by Gasteiger charge is 2.25. The summed E-state index contributed by atoms with van der Waals surface area (Å²) < 4.78 is 6.48. The third kappa shape index (κ3) is 3.19. The molecule has 0 saturated carbocycles. The molecule has 0 aliphatic heterocycles. The molecule has 0 saturated heterocycles. The number of aryl methyl sites for hydroxylation is 3. The molecule has 4 rings (SSSR count). The Bertz CT molecular complexity index is 1080. The summed E-state index contributed by atoms with van der Waals surface area (Å²) in [6, 6.07) is 7.79. The van der Waals surface area contributed by atoms with E-state index in [0.29, 0.717) is 5.16 Å². The Labute approximate surface area is 165 Å². The molecular formula is C20H20N2O3S2. The number of nitrogens with zero attached hydrogens (tertiary/aromatic N) is 2. The fourth-order valence-electron chi connectivity index (χ4n) is 3.40. The van der Waals surface area contributed by atoms with Crippen LogP contribution < -0.4 is 5.56 Å². The van der Waals surface area contributed by atoms with Gasteiger partial charge < -0.3 is 4.74 Å². The second kappa shape index (κ2) is 7.13. The minimum atomic E-state index is -0.456. The zero-order chi connectivity index (χ0) is 19.1. The van der Waals surface area contributed by atoms with Crippen molar-refractivity contribution in [2.75, 3.05) is 7.11 Å². The number of hydrogen-bond donors (Lipinski definition) is 0. The maximum Gasteiger partial charge on any atom is 0.318 e. The Morgan fingerprint density at radius 3 is 2.74 bits per heavy atom. The van der Waals surface area contributed by atoms with Gasteiger partial charge >= 0.3 is 5.97 Å². The predicted octanol–water partition coefficient (Wildman–Crippen LogP) is 3.90. The van der Waals surface area contributed by atoms with Crippen LogP contribution in [0.2, 0.25) is 0 Å². The van der Waals surface area contributed by atoms with Crippen LogP contribution in [-0.2, 0) is 22.4 Å². The van der Waals surface area contributed by atoms with Gasteiger partial charge in [0.25, 0.3) is 5.56 Å². The van der Waals surface area contributed by atoms with E-state index in [4.69, 9.17) is 9.72 Å². The Balaban J connectivity index is 1.94. The monoisotopic (exact) mass is 400 g/mol. The predicted molar refractivity (Wildman–Crippen MR) is 109 cm³/mol. The first kappa shape index (κ1) is 18.3. The molecule has 3 aromatic rings. The summed E-state index contributed by atoms with van der Waals surface area (Å²) in [5.74, 6) is -0.335. The van der Waals surface area contributed by atoms with Crippen LogP contribution in [0.4, 0.5) is 0 Å². The topological polar surface area (TPSA) is 61.2 Å². The van der Waals surface area contributed by atoms with Crippen LogP contribution in [0.3, 0.4) is 0 Å². The average molecular weight is 401 g/mol. The Hall–Kier alpha value is -2.12. The minimum Gasteiger partial charge on any atom is -0.468 e. The quantitative estimate of drug-likeness (QED) is 0.378. The van der Waals surface area contributed by atoms with Gasteiger partial charge in [0, 0.05) is 4.88 Å². The molecule has 0 spiro atoms. The lowest BCUT2D eigenvalue weighted by Crippen LogP contribution is -2.24. The smallest absolute Gasteiger partial charge is 0.318 e. The summed E-state index contributed by atoms with van der Waals surface area (Å²) in [7, 11) is 1.37. The summed E-state index contributed by atoms with van der Waals surface area (Å²) in [5.41, 5.74) is 2.99. The normalized spacial score (nSPS) is 14.3. The highest BCUT2D eigenvalue weighted by molar-refractivity contribution is 8.00. The summed E-state index contributed by atoms with van der Waals surface area (Å²) in [6.07, 6.45) is 3.05. The average Bonchev–Trinajstić information content (AvgIpc) is 3.23. The second-order valence-corrected chi connectivity index (χ2v) is 9.08. The van der Waals surface area contributed by atoms with Crippen molar-refractivity contribution in [2.45, 2.75) is 43.5 Å². The highest BCUT2D eigenvalue weighted by Crippen LogP contribution is 2.36. The summed E-state index contributed by atoms with van der Waals surface area (Å²) in [5, 5.41) is 0.806. The van der Waals surface area contributed by atoms with Crippen molar-refractivity contribution in [1.29, 1.82) is 0 Å². The number of aromatic nitrogens is 2.